The molecule has 2 N–H and O–H groups in total. The Kier molecular flexibility index (Phi) is 3.74. The van der Waals surface area contributed by atoms with Crippen LogP contribution in [0.25, 0.3) is 10.2 Å². The zero-order chi connectivity index (χ0) is 11.4. The van der Waals surface area contributed by atoms with Crippen LogP contribution in [0.3, 0.4) is 0 Å². The molecule has 0 amide bonds. The standard InChI is InChI=1S/C12H16N2OS/c1-2-5-9(15)8-13-12-14-10-6-3-4-7-11(10)16-12/h3-4,6-7,9,15H,2,5,8H2,1H3,(H,13,14). The minimum atomic E-state index is -0.281. The van der Waals surface area contributed by atoms with E-state index in [0.29, 0.717) is 6.54 Å². The first-order valence-electron chi connectivity index (χ1n) is 5.57. The molecule has 0 fully saturated rings. The Hall–Kier alpha value is -1.13. The maximum absolute atomic E-state index is 9.60. The molecule has 1 unspecified atom stereocenters. The highest BCUT2D eigenvalue weighted by molar-refractivity contribution is 7.22. The number of nitrogens with one attached hydrogen (secondary N) is 1. The van der Waals surface area contributed by atoms with Crippen LogP contribution >= 0.6 is 11.3 Å². The number of aliphatic hydroxyl groups excluding tert-OH is 1. The summed E-state index contributed by atoms with van der Waals surface area (Å²) >= 11 is 1.62. The Morgan fingerprint density at radius 2 is 2.25 bits per heavy atom. The van der Waals surface area contributed by atoms with Crippen molar-refractivity contribution in [2.45, 2.75) is 25.9 Å². The average Bonchev–Trinajstić information content (AvgIpc) is 2.69. The van der Waals surface area contributed by atoms with Crippen LogP contribution in [0.2, 0.25) is 0 Å². The normalized spacial score (nSPS) is 12.9. The fourth-order valence-corrected chi connectivity index (χ4v) is 2.46. The first-order valence-corrected chi connectivity index (χ1v) is 6.38. The molecular formula is C12H16N2OS. The summed E-state index contributed by atoms with van der Waals surface area (Å²) in [5.41, 5.74) is 1.01. The lowest BCUT2D eigenvalue weighted by Gasteiger charge is -2.08. The molecule has 0 aliphatic rings. The number of fused-ring (bicyclic) bond motifs is 1. The van der Waals surface area contributed by atoms with Crippen molar-refractivity contribution in [3.05, 3.63) is 24.3 Å². The monoisotopic (exact) mass is 236 g/mol. The van der Waals surface area contributed by atoms with Crippen LogP contribution in [-0.4, -0.2) is 22.7 Å². The summed E-state index contributed by atoms with van der Waals surface area (Å²) in [6.45, 7) is 2.65. The molecule has 0 radical (unpaired) electrons. The summed E-state index contributed by atoms with van der Waals surface area (Å²) in [5.74, 6) is 0. The van der Waals surface area contributed by atoms with E-state index >= 15 is 0 Å². The molecule has 2 rings (SSSR count). The Balaban J connectivity index is 1.99. The smallest absolute Gasteiger partial charge is 0.183 e. The molecular weight excluding hydrogens is 220 g/mol. The predicted octanol–water partition coefficient (Wildman–Crippen LogP) is 2.87. The van der Waals surface area contributed by atoms with Crippen molar-refractivity contribution in [3.8, 4) is 0 Å². The van der Waals surface area contributed by atoms with Crippen molar-refractivity contribution in [2.75, 3.05) is 11.9 Å². The van der Waals surface area contributed by atoms with Crippen molar-refractivity contribution in [2.24, 2.45) is 0 Å². The lowest BCUT2D eigenvalue weighted by Crippen LogP contribution is -2.18. The molecule has 2 aromatic rings. The molecule has 0 aliphatic carbocycles. The fourth-order valence-electron chi connectivity index (χ4n) is 1.59. The van der Waals surface area contributed by atoms with Gasteiger partial charge < -0.3 is 10.4 Å². The van der Waals surface area contributed by atoms with Crippen molar-refractivity contribution >= 4 is 26.7 Å². The fraction of sp³-hybridized carbons (Fsp3) is 0.417. The Labute approximate surface area is 99.1 Å². The average molecular weight is 236 g/mol. The first-order chi connectivity index (χ1) is 7.79. The van der Waals surface area contributed by atoms with E-state index in [0.717, 1.165) is 23.5 Å². The summed E-state index contributed by atoms with van der Waals surface area (Å²) in [6.07, 6.45) is 1.55. The zero-order valence-corrected chi connectivity index (χ0v) is 10.1. The quantitative estimate of drug-likeness (QED) is 0.839. The van der Waals surface area contributed by atoms with Gasteiger partial charge in [0.1, 0.15) is 0 Å². The zero-order valence-electron chi connectivity index (χ0n) is 9.31. The summed E-state index contributed by atoms with van der Waals surface area (Å²) in [6, 6.07) is 8.05. The van der Waals surface area contributed by atoms with Crippen LogP contribution in [0.15, 0.2) is 24.3 Å². The second-order valence-corrected chi connectivity index (χ2v) is 4.84. The highest BCUT2D eigenvalue weighted by atomic mass is 32.1. The molecule has 3 nitrogen and oxygen atoms in total. The van der Waals surface area contributed by atoms with Gasteiger partial charge in [0.2, 0.25) is 0 Å². The summed E-state index contributed by atoms with van der Waals surface area (Å²) in [4.78, 5) is 4.44. The van der Waals surface area contributed by atoms with Gasteiger partial charge in [-0.3, -0.25) is 0 Å². The second-order valence-electron chi connectivity index (χ2n) is 3.81. The van der Waals surface area contributed by atoms with Gasteiger partial charge in [0.25, 0.3) is 0 Å². The Bertz CT molecular complexity index is 422. The van der Waals surface area contributed by atoms with Gasteiger partial charge in [-0.25, -0.2) is 4.98 Å². The van der Waals surface area contributed by atoms with Gasteiger partial charge in [-0.1, -0.05) is 36.8 Å². The summed E-state index contributed by atoms with van der Waals surface area (Å²) in [5, 5.41) is 13.7. The van der Waals surface area contributed by atoms with Crippen molar-refractivity contribution in [3.63, 3.8) is 0 Å². The number of nitrogens with zero attached hydrogens (tertiary/aromatic N) is 1. The van der Waals surface area contributed by atoms with Crippen molar-refractivity contribution in [1.82, 2.24) is 4.98 Å². The van der Waals surface area contributed by atoms with E-state index in [1.807, 2.05) is 18.2 Å². The van der Waals surface area contributed by atoms with Gasteiger partial charge in [0, 0.05) is 6.54 Å². The lowest BCUT2D eigenvalue weighted by atomic mass is 10.2. The number of para-hydroxylation sites is 1. The lowest BCUT2D eigenvalue weighted by molar-refractivity contribution is 0.176. The number of rotatable bonds is 5. The van der Waals surface area contributed by atoms with Gasteiger partial charge in [-0.2, -0.15) is 0 Å². The summed E-state index contributed by atoms with van der Waals surface area (Å²) < 4.78 is 1.18. The highest BCUT2D eigenvalue weighted by Crippen LogP contribution is 2.25. The van der Waals surface area contributed by atoms with Crippen LogP contribution in [0.1, 0.15) is 19.8 Å². The first kappa shape index (κ1) is 11.4. The Morgan fingerprint density at radius 3 is 3.00 bits per heavy atom. The topological polar surface area (TPSA) is 45.1 Å². The van der Waals surface area contributed by atoms with E-state index in [1.165, 1.54) is 4.70 Å². The molecule has 0 saturated carbocycles. The molecule has 86 valence electrons. The molecule has 1 heterocycles. The number of hydrogen-bond donors (Lipinski definition) is 2. The third-order valence-corrected chi connectivity index (χ3v) is 3.40. The molecule has 0 spiro atoms. The van der Waals surface area contributed by atoms with E-state index < -0.39 is 0 Å². The third-order valence-electron chi connectivity index (χ3n) is 2.40. The highest BCUT2D eigenvalue weighted by Gasteiger charge is 2.05. The largest absolute Gasteiger partial charge is 0.391 e. The third kappa shape index (κ3) is 2.71. The van der Waals surface area contributed by atoms with E-state index in [9.17, 15) is 5.11 Å². The molecule has 4 heteroatoms. The van der Waals surface area contributed by atoms with Gasteiger partial charge in [-0.15, -0.1) is 0 Å². The molecule has 1 aromatic heterocycles. The van der Waals surface area contributed by atoms with E-state index in [-0.39, 0.29) is 6.10 Å². The minimum absolute atomic E-state index is 0.281. The van der Waals surface area contributed by atoms with Crippen LogP contribution in [0, 0.1) is 0 Å². The van der Waals surface area contributed by atoms with Gasteiger partial charge >= 0.3 is 0 Å². The Morgan fingerprint density at radius 1 is 1.44 bits per heavy atom. The maximum Gasteiger partial charge on any atom is 0.183 e. The van der Waals surface area contributed by atoms with E-state index in [2.05, 4.69) is 23.3 Å². The van der Waals surface area contributed by atoms with Crippen LogP contribution < -0.4 is 5.32 Å². The number of thiazole rings is 1. The maximum atomic E-state index is 9.60. The van der Waals surface area contributed by atoms with Crippen molar-refractivity contribution < 1.29 is 5.11 Å². The van der Waals surface area contributed by atoms with E-state index in [1.54, 1.807) is 11.3 Å². The molecule has 0 bridgehead atoms. The van der Waals surface area contributed by atoms with E-state index in [4.69, 9.17) is 0 Å². The number of aromatic nitrogens is 1. The molecule has 16 heavy (non-hydrogen) atoms. The van der Waals surface area contributed by atoms with Crippen molar-refractivity contribution in [1.29, 1.82) is 0 Å². The number of aliphatic hydroxyl groups is 1. The predicted molar refractivity (Wildman–Crippen MR) is 69.0 cm³/mol. The molecule has 0 aliphatic heterocycles. The van der Waals surface area contributed by atoms with Crippen LogP contribution in [0.4, 0.5) is 5.13 Å². The number of anilines is 1. The minimum Gasteiger partial charge on any atom is -0.391 e. The SMILES string of the molecule is CCCC(O)CNc1nc2ccccc2s1. The van der Waals surface area contributed by atoms with Gasteiger partial charge in [-0.05, 0) is 18.6 Å². The summed E-state index contributed by atoms with van der Waals surface area (Å²) in [7, 11) is 0. The number of benzene rings is 1. The van der Waals surface area contributed by atoms with Gasteiger partial charge in [0.05, 0.1) is 16.3 Å². The van der Waals surface area contributed by atoms with Gasteiger partial charge in [0.15, 0.2) is 5.13 Å². The second kappa shape index (κ2) is 5.27. The van der Waals surface area contributed by atoms with Crippen LogP contribution in [0.5, 0.6) is 0 Å². The molecule has 1 atom stereocenters. The number of hydrogen-bond acceptors (Lipinski definition) is 4. The molecule has 1 aromatic carbocycles. The van der Waals surface area contributed by atoms with Crippen LogP contribution in [-0.2, 0) is 0 Å². The molecule has 0 saturated heterocycles.